The van der Waals surface area contributed by atoms with Crippen molar-refractivity contribution >= 4 is 18.0 Å². The van der Waals surface area contributed by atoms with Crippen LogP contribution in [0.15, 0.2) is 0 Å². The molecule has 2 unspecified atom stereocenters. The Labute approximate surface area is 119 Å². The first-order valence-electron chi connectivity index (χ1n) is 6.79. The number of nitrogens with one attached hydrogen (secondary N) is 2. The van der Waals surface area contributed by atoms with Gasteiger partial charge in [0, 0.05) is 13.0 Å². The smallest absolute Gasteiger partial charge is 0.328 e. The van der Waals surface area contributed by atoms with E-state index in [1.54, 1.807) is 13.8 Å². The number of esters is 1. The maximum absolute atomic E-state index is 11.5. The summed E-state index contributed by atoms with van der Waals surface area (Å²) in [5.41, 5.74) is 0. The monoisotopic (exact) mass is 288 g/mol. The quantitative estimate of drug-likeness (QED) is 0.552. The third kappa shape index (κ3) is 9.18. The minimum Gasteiger partial charge on any atom is -0.481 e. The van der Waals surface area contributed by atoms with Gasteiger partial charge >= 0.3 is 18.0 Å². The normalized spacial score (nSPS) is 13.2. The van der Waals surface area contributed by atoms with Gasteiger partial charge in [-0.2, -0.15) is 0 Å². The van der Waals surface area contributed by atoms with Crippen LogP contribution in [-0.4, -0.2) is 42.3 Å². The summed E-state index contributed by atoms with van der Waals surface area (Å²) in [6, 6.07) is -1.13. The van der Waals surface area contributed by atoms with E-state index in [0.29, 0.717) is 19.4 Å². The fourth-order valence-electron chi connectivity index (χ4n) is 1.52. The van der Waals surface area contributed by atoms with Gasteiger partial charge in [-0.3, -0.25) is 4.79 Å². The minimum atomic E-state index is -0.814. The molecule has 7 nitrogen and oxygen atoms in total. The van der Waals surface area contributed by atoms with Crippen LogP contribution in [0.25, 0.3) is 0 Å². The third-order valence-corrected chi connectivity index (χ3v) is 2.76. The average Bonchev–Trinajstić information content (AvgIpc) is 2.36. The highest BCUT2D eigenvalue weighted by atomic mass is 16.5. The van der Waals surface area contributed by atoms with Crippen LogP contribution in [0.3, 0.4) is 0 Å². The number of hydrogen-bond donors (Lipinski definition) is 3. The van der Waals surface area contributed by atoms with Crippen molar-refractivity contribution in [2.24, 2.45) is 5.92 Å². The lowest BCUT2D eigenvalue weighted by Gasteiger charge is -2.14. The van der Waals surface area contributed by atoms with E-state index >= 15 is 0 Å². The van der Waals surface area contributed by atoms with E-state index in [0.717, 1.165) is 0 Å². The van der Waals surface area contributed by atoms with Crippen LogP contribution in [0.1, 0.15) is 40.0 Å². The number of rotatable bonds is 9. The molecule has 0 aromatic rings. The summed E-state index contributed by atoms with van der Waals surface area (Å²) in [7, 11) is 0. The van der Waals surface area contributed by atoms with Crippen LogP contribution in [0.2, 0.25) is 0 Å². The number of amides is 2. The Morgan fingerprint density at radius 2 is 1.85 bits per heavy atom. The number of urea groups is 1. The van der Waals surface area contributed by atoms with Crippen LogP contribution in [-0.2, 0) is 14.3 Å². The Bertz CT molecular complexity index is 333. The van der Waals surface area contributed by atoms with Gasteiger partial charge in [-0.15, -0.1) is 0 Å². The number of carbonyl (C=O) groups is 3. The van der Waals surface area contributed by atoms with Crippen molar-refractivity contribution in [1.82, 2.24) is 10.6 Å². The van der Waals surface area contributed by atoms with Crippen molar-refractivity contribution in [1.29, 1.82) is 0 Å². The summed E-state index contributed by atoms with van der Waals surface area (Å²) in [6.07, 6.45) is 1.40. The molecule has 0 saturated carbocycles. The van der Waals surface area contributed by atoms with Gasteiger partial charge in [-0.1, -0.05) is 6.92 Å². The van der Waals surface area contributed by atoms with Gasteiger partial charge in [-0.25, -0.2) is 9.59 Å². The Morgan fingerprint density at radius 3 is 2.40 bits per heavy atom. The molecular formula is C13H24N2O5. The molecule has 0 saturated heterocycles. The van der Waals surface area contributed by atoms with Crippen molar-refractivity contribution in [3.63, 3.8) is 0 Å². The molecule has 20 heavy (non-hydrogen) atoms. The fraction of sp³-hybridized carbons (Fsp3) is 0.769. The Hall–Kier alpha value is -1.79. The van der Waals surface area contributed by atoms with Crippen LogP contribution in [0, 0.1) is 5.92 Å². The molecule has 2 atom stereocenters. The fourth-order valence-corrected chi connectivity index (χ4v) is 1.52. The molecule has 0 rings (SSSR count). The van der Waals surface area contributed by atoms with Crippen molar-refractivity contribution in [2.75, 3.05) is 13.2 Å². The number of hydrogen-bond acceptors (Lipinski definition) is 4. The van der Waals surface area contributed by atoms with Gasteiger partial charge < -0.3 is 20.5 Å². The zero-order valence-electron chi connectivity index (χ0n) is 12.3. The first kappa shape index (κ1) is 18.2. The number of aliphatic carboxylic acids is 1. The number of carboxylic acids is 1. The maximum atomic E-state index is 11.5. The number of carboxylic acid groups (broad SMARTS) is 1. The minimum absolute atomic E-state index is 0.132. The number of carbonyl (C=O) groups excluding carboxylic acids is 2. The molecule has 0 bridgehead atoms. The van der Waals surface area contributed by atoms with E-state index in [-0.39, 0.29) is 18.9 Å². The van der Waals surface area contributed by atoms with Crippen molar-refractivity contribution < 1.29 is 24.2 Å². The standard InChI is InChI=1S/C13H24N2O5/c1-4-20-12(18)10(3)15-13(19)14-8-7-9(2)5-6-11(16)17/h9-10H,4-8H2,1-3H3,(H,16,17)(H2,14,15,19). The van der Waals surface area contributed by atoms with E-state index in [1.165, 1.54) is 0 Å². The second-order valence-electron chi connectivity index (χ2n) is 4.70. The van der Waals surface area contributed by atoms with E-state index in [1.807, 2.05) is 6.92 Å². The second kappa shape index (κ2) is 10.1. The highest BCUT2D eigenvalue weighted by Gasteiger charge is 2.16. The highest BCUT2D eigenvalue weighted by molar-refractivity contribution is 5.83. The molecular weight excluding hydrogens is 264 g/mol. The Kier molecular flexibility index (Phi) is 9.15. The topological polar surface area (TPSA) is 105 Å². The molecule has 2 amide bonds. The predicted octanol–water partition coefficient (Wildman–Crippen LogP) is 1.13. The lowest BCUT2D eigenvalue weighted by molar-refractivity contribution is -0.144. The molecule has 3 N–H and O–H groups in total. The molecule has 0 heterocycles. The molecule has 116 valence electrons. The summed E-state index contributed by atoms with van der Waals surface area (Å²) in [5.74, 6) is -1.07. The largest absolute Gasteiger partial charge is 0.481 e. The second-order valence-corrected chi connectivity index (χ2v) is 4.70. The first-order chi connectivity index (χ1) is 9.36. The first-order valence-corrected chi connectivity index (χ1v) is 6.79. The SMILES string of the molecule is CCOC(=O)C(C)NC(=O)NCCC(C)CCC(=O)O. The van der Waals surface area contributed by atoms with Gasteiger partial charge in [-0.05, 0) is 32.6 Å². The molecule has 0 aliphatic carbocycles. The highest BCUT2D eigenvalue weighted by Crippen LogP contribution is 2.08. The van der Waals surface area contributed by atoms with Crippen LogP contribution in [0.4, 0.5) is 4.79 Å². The summed E-state index contributed by atoms with van der Waals surface area (Å²) in [6.45, 7) is 5.88. The van der Waals surface area contributed by atoms with Gasteiger partial charge in [0.1, 0.15) is 6.04 Å². The molecule has 7 heteroatoms. The van der Waals surface area contributed by atoms with Crippen LogP contribution >= 0.6 is 0 Å². The molecule has 0 aliphatic rings. The van der Waals surface area contributed by atoms with Gasteiger partial charge in [0.2, 0.25) is 0 Å². The van der Waals surface area contributed by atoms with Crippen molar-refractivity contribution in [2.45, 2.75) is 46.1 Å². The third-order valence-electron chi connectivity index (χ3n) is 2.76. The Balaban J connectivity index is 3.77. The molecule has 0 aromatic carbocycles. The van der Waals surface area contributed by atoms with Crippen LogP contribution in [0.5, 0.6) is 0 Å². The van der Waals surface area contributed by atoms with Gasteiger partial charge in [0.15, 0.2) is 0 Å². The molecule has 0 aliphatic heterocycles. The van der Waals surface area contributed by atoms with Crippen LogP contribution < -0.4 is 10.6 Å². The van der Waals surface area contributed by atoms with E-state index in [4.69, 9.17) is 9.84 Å². The molecule has 0 aromatic heterocycles. The summed E-state index contributed by atoms with van der Waals surface area (Å²) >= 11 is 0. The predicted molar refractivity (Wildman–Crippen MR) is 73.3 cm³/mol. The zero-order valence-corrected chi connectivity index (χ0v) is 12.3. The Morgan fingerprint density at radius 1 is 1.20 bits per heavy atom. The average molecular weight is 288 g/mol. The lowest BCUT2D eigenvalue weighted by Crippen LogP contribution is -2.45. The van der Waals surface area contributed by atoms with E-state index in [9.17, 15) is 14.4 Å². The van der Waals surface area contributed by atoms with E-state index in [2.05, 4.69) is 10.6 Å². The van der Waals surface area contributed by atoms with Gasteiger partial charge in [0.05, 0.1) is 6.61 Å². The van der Waals surface area contributed by atoms with Crippen molar-refractivity contribution in [3.8, 4) is 0 Å². The summed E-state index contributed by atoms with van der Waals surface area (Å²) in [4.78, 5) is 33.2. The lowest BCUT2D eigenvalue weighted by atomic mass is 10.0. The van der Waals surface area contributed by atoms with E-state index < -0.39 is 24.0 Å². The maximum Gasteiger partial charge on any atom is 0.328 e. The number of ether oxygens (including phenoxy) is 1. The summed E-state index contributed by atoms with van der Waals surface area (Å²) in [5, 5.41) is 13.6. The summed E-state index contributed by atoms with van der Waals surface area (Å²) < 4.78 is 4.76. The zero-order chi connectivity index (χ0) is 15.5. The van der Waals surface area contributed by atoms with Gasteiger partial charge in [0.25, 0.3) is 0 Å². The molecule has 0 fully saturated rings. The molecule has 0 spiro atoms. The molecule has 0 radical (unpaired) electrons. The van der Waals surface area contributed by atoms with Crippen molar-refractivity contribution in [3.05, 3.63) is 0 Å².